The minimum absolute atomic E-state index is 0.0590. The summed E-state index contributed by atoms with van der Waals surface area (Å²) in [5, 5.41) is 1.09. The first-order valence-electron chi connectivity index (χ1n) is 7.76. The second-order valence-corrected chi connectivity index (χ2v) is 5.94. The van der Waals surface area contributed by atoms with Crippen molar-refractivity contribution in [2.45, 2.75) is 19.5 Å². The van der Waals surface area contributed by atoms with Gasteiger partial charge in [-0.2, -0.15) is 0 Å². The van der Waals surface area contributed by atoms with Gasteiger partial charge in [-0.25, -0.2) is 0 Å². The van der Waals surface area contributed by atoms with Crippen LogP contribution in [0.15, 0.2) is 59.5 Å². The van der Waals surface area contributed by atoms with Gasteiger partial charge >= 0.3 is 0 Å². The molecule has 1 aromatic carbocycles. The second kappa shape index (κ2) is 6.34. The number of aryl methyl sites for hydroxylation is 1. The highest BCUT2D eigenvalue weighted by Crippen LogP contribution is 2.19. The van der Waals surface area contributed by atoms with Crippen LogP contribution in [0.4, 0.5) is 0 Å². The van der Waals surface area contributed by atoms with E-state index in [1.54, 1.807) is 10.8 Å². The molecule has 3 rings (SSSR count). The zero-order valence-corrected chi connectivity index (χ0v) is 13.7. The lowest BCUT2D eigenvalue weighted by molar-refractivity contribution is 0.247. The van der Waals surface area contributed by atoms with Crippen LogP contribution in [0.3, 0.4) is 0 Å². The van der Waals surface area contributed by atoms with Gasteiger partial charge in [0.1, 0.15) is 0 Å². The Kier molecular flexibility index (Phi) is 4.26. The molecule has 0 amide bonds. The first kappa shape index (κ1) is 15.4. The molecule has 4 nitrogen and oxygen atoms in total. The second-order valence-electron chi connectivity index (χ2n) is 5.94. The molecule has 1 atom stereocenters. The zero-order valence-electron chi connectivity index (χ0n) is 13.7. The van der Waals surface area contributed by atoms with E-state index in [4.69, 9.17) is 0 Å². The average molecular weight is 307 g/mol. The van der Waals surface area contributed by atoms with Gasteiger partial charge in [-0.05, 0) is 43.6 Å². The van der Waals surface area contributed by atoms with E-state index < -0.39 is 0 Å². The lowest BCUT2D eigenvalue weighted by Gasteiger charge is -2.24. The fourth-order valence-corrected chi connectivity index (χ4v) is 2.86. The molecule has 0 spiro atoms. The van der Waals surface area contributed by atoms with Gasteiger partial charge in [0.2, 0.25) is 0 Å². The molecule has 0 N–H and O–H groups in total. The summed E-state index contributed by atoms with van der Waals surface area (Å²) in [7, 11) is 3.85. The molecule has 0 saturated heterocycles. The van der Waals surface area contributed by atoms with Crippen LogP contribution in [0.25, 0.3) is 10.9 Å². The Hall–Kier alpha value is -2.46. The number of aromatic nitrogens is 2. The summed E-state index contributed by atoms with van der Waals surface area (Å²) in [6.45, 7) is 2.70. The van der Waals surface area contributed by atoms with Gasteiger partial charge in [0.05, 0.1) is 11.2 Å². The molecule has 4 heteroatoms. The van der Waals surface area contributed by atoms with Gasteiger partial charge in [0, 0.05) is 31.4 Å². The summed E-state index contributed by atoms with van der Waals surface area (Å²) in [6.07, 6.45) is 1.80. The number of rotatable bonds is 4. The number of hydrogen-bond donors (Lipinski definition) is 0. The molecule has 23 heavy (non-hydrogen) atoms. The lowest BCUT2D eigenvalue weighted by atomic mass is 10.1. The molecule has 2 heterocycles. The number of hydrogen-bond acceptors (Lipinski definition) is 3. The largest absolute Gasteiger partial charge is 0.311 e. The third kappa shape index (κ3) is 3.03. The van der Waals surface area contributed by atoms with Gasteiger partial charge in [-0.3, -0.25) is 14.7 Å². The highest BCUT2D eigenvalue weighted by Gasteiger charge is 2.15. The van der Waals surface area contributed by atoms with Crippen molar-refractivity contribution in [2.75, 3.05) is 7.05 Å². The molecule has 0 aliphatic rings. The van der Waals surface area contributed by atoms with Crippen molar-refractivity contribution in [1.82, 2.24) is 14.5 Å². The third-order valence-electron chi connectivity index (χ3n) is 4.40. The minimum Gasteiger partial charge on any atom is -0.311 e. The standard InChI is InChI=1S/C19H21N3O/c1-14(17-9-6-7-11-20-17)21(2)13-16-12-15-8-4-5-10-18(15)22(3)19(16)23/h4-12,14H,13H2,1-3H3/t14-/m0/s1. The summed E-state index contributed by atoms with van der Waals surface area (Å²) in [5.41, 5.74) is 2.83. The smallest absolute Gasteiger partial charge is 0.255 e. The fourth-order valence-electron chi connectivity index (χ4n) is 2.86. The van der Waals surface area contributed by atoms with Crippen LogP contribution < -0.4 is 5.56 Å². The third-order valence-corrected chi connectivity index (χ3v) is 4.40. The molecule has 0 saturated carbocycles. The van der Waals surface area contributed by atoms with Gasteiger partial charge in [0.15, 0.2) is 0 Å². The van der Waals surface area contributed by atoms with E-state index in [0.717, 1.165) is 22.2 Å². The Bertz CT molecular complexity index is 871. The van der Waals surface area contributed by atoms with Crippen molar-refractivity contribution in [3.8, 4) is 0 Å². The molecule has 0 fully saturated rings. The van der Waals surface area contributed by atoms with Gasteiger partial charge in [-0.15, -0.1) is 0 Å². The first-order valence-corrected chi connectivity index (χ1v) is 7.76. The Morgan fingerprint density at radius 2 is 1.91 bits per heavy atom. The molecule has 3 aromatic rings. The number of para-hydroxylation sites is 1. The van der Waals surface area contributed by atoms with Crippen LogP contribution in [0.2, 0.25) is 0 Å². The minimum atomic E-state index is 0.0590. The van der Waals surface area contributed by atoms with Crippen molar-refractivity contribution in [3.05, 3.63) is 76.3 Å². The van der Waals surface area contributed by atoms with Crippen LogP contribution in [-0.2, 0) is 13.6 Å². The van der Waals surface area contributed by atoms with Crippen molar-refractivity contribution in [1.29, 1.82) is 0 Å². The maximum Gasteiger partial charge on any atom is 0.255 e. The van der Waals surface area contributed by atoms with E-state index in [2.05, 4.69) is 16.8 Å². The van der Waals surface area contributed by atoms with Crippen molar-refractivity contribution in [2.24, 2.45) is 7.05 Å². The van der Waals surface area contributed by atoms with E-state index >= 15 is 0 Å². The molecule has 0 aliphatic carbocycles. The molecular formula is C19H21N3O. The molecule has 0 radical (unpaired) electrons. The van der Waals surface area contributed by atoms with Crippen LogP contribution in [0, 0.1) is 0 Å². The predicted octanol–water partition coefficient (Wildman–Crippen LogP) is 3.13. The Labute approximate surface area is 136 Å². The monoisotopic (exact) mass is 307 g/mol. The normalized spacial score (nSPS) is 12.7. The summed E-state index contributed by atoms with van der Waals surface area (Å²) >= 11 is 0. The molecule has 0 aliphatic heterocycles. The van der Waals surface area contributed by atoms with E-state index in [9.17, 15) is 4.79 Å². The number of pyridine rings is 2. The SMILES string of the molecule is C[C@@H](c1ccccn1)N(C)Cc1cc2ccccc2n(C)c1=O. The maximum absolute atomic E-state index is 12.6. The van der Waals surface area contributed by atoms with Crippen molar-refractivity contribution in [3.63, 3.8) is 0 Å². The Morgan fingerprint density at radius 1 is 1.17 bits per heavy atom. The molecular weight excluding hydrogens is 286 g/mol. The van der Waals surface area contributed by atoms with Crippen LogP contribution >= 0.6 is 0 Å². The molecule has 0 bridgehead atoms. The van der Waals surface area contributed by atoms with E-state index in [0.29, 0.717) is 6.54 Å². The summed E-state index contributed by atoms with van der Waals surface area (Å²) in [5.74, 6) is 0. The van der Waals surface area contributed by atoms with Gasteiger partial charge in [-0.1, -0.05) is 24.3 Å². The quantitative estimate of drug-likeness (QED) is 0.743. The van der Waals surface area contributed by atoms with E-state index in [1.165, 1.54) is 0 Å². The number of benzene rings is 1. The first-order chi connectivity index (χ1) is 11.1. The fraction of sp³-hybridized carbons (Fsp3) is 0.263. The number of nitrogens with zero attached hydrogens (tertiary/aromatic N) is 3. The van der Waals surface area contributed by atoms with Crippen LogP contribution in [0.1, 0.15) is 24.2 Å². The summed E-state index contributed by atoms with van der Waals surface area (Å²) < 4.78 is 1.73. The Balaban J connectivity index is 1.92. The van der Waals surface area contributed by atoms with Crippen molar-refractivity contribution < 1.29 is 0 Å². The Morgan fingerprint density at radius 3 is 2.65 bits per heavy atom. The molecule has 2 aromatic heterocycles. The molecule has 0 unspecified atom stereocenters. The predicted molar refractivity (Wildman–Crippen MR) is 93.3 cm³/mol. The van der Waals surface area contributed by atoms with Crippen molar-refractivity contribution >= 4 is 10.9 Å². The number of fused-ring (bicyclic) bond motifs is 1. The average Bonchev–Trinajstić information content (AvgIpc) is 2.59. The summed E-state index contributed by atoms with van der Waals surface area (Å²) in [6, 6.07) is 16.0. The topological polar surface area (TPSA) is 38.1 Å². The molecule has 118 valence electrons. The highest BCUT2D eigenvalue weighted by molar-refractivity contribution is 5.79. The van der Waals surface area contributed by atoms with Gasteiger partial charge < -0.3 is 4.57 Å². The highest BCUT2D eigenvalue weighted by atomic mass is 16.1. The van der Waals surface area contributed by atoms with Gasteiger partial charge in [0.25, 0.3) is 5.56 Å². The van der Waals surface area contributed by atoms with Crippen LogP contribution in [0.5, 0.6) is 0 Å². The zero-order chi connectivity index (χ0) is 16.4. The van der Waals surface area contributed by atoms with E-state index in [1.807, 2.05) is 62.6 Å². The summed E-state index contributed by atoms with van der Waals surface area (Å²) in [4.78, 5) is 19.2. The lowest BCUT2D eigenvalue weighted by Crippen LogP contribution is -2.29. The maximum atomic E-state index is 12.6. The van der Waals surface area contributed by atoms with Crippen LogP contribution in [-0.4, -0.2) is 21.5 Å². The van der Waals surface area contributed by atoms with E-state index in [-0.39, 0.29) is 11.6 Å².